The zero-order valence-corrected chi connectivity index (χ0v) is 10.7. The second-order valence-electron chi connectivity index (χ2n) is 3.50. The molecule has 3 N–H and O–H groups in total. The summed E-state index contributed by atoms with van der Waals surface area (Å²) in [7, 11) is 0. The zero-order valence-electron chi connectivity index (χ0n) is 9.14. The molecule has 2 aromatic rings. The Morgan fingerprint density at radius 2 is 1.94 bits per heavy atom. The normalized spacial score (nSPS) is 10.1. The van der Waals surface area contributed by atoms with E-state index in [1.54, 1.807) is 24.3 Å². The van der Waals surface area contributed by atoms with Crippen LogP contribution in [0.4, 0.5) is 5.69 Å². The number of carbonyl (C=O) groups is 1. The van der Waals surface area contributed by atoms with E-state index in [0.717, 1.165) is 5.56 Å². The van der Waals surface area contributed by atoms with Gasteiger partial charge in [-0.15, -0.1) is 0 Å². The largest absolute Gasteiger partial charge is 0.452 e. The van der Waals surface area contributed by atoms with Gasteiger partial charge in [-0.05, 0) is 41.9 Å². The Morgan fingerprint density at radius 3 is 2.44 bits per heavy atom. The third-order valence-corrected chi connectivity index (χ3v) is 2.82. The number of anilines is 1. The van der Waals surface area contributed by atoms with Gasteiger partial charge in [-0.3, -0.25) is 4.79 Å². The predicted octanol–water partition coefficient (Wildman–Crippen LogP) is 2.82. The number of carbonyl (C=O) groups excluding carboxylic acids is 1. The van der Waals surface area contributed by atoms with Gasteiger partial charge in [0.15, 0.2) is 0 Å². The van der Waals surface area contributed by atoms with Crippen LogP contribution in [0.5, 0.6) is 0 Å². The first-order valence-corrected chi connectivity index (χ1v) is 5.81. The zero-order chi connectivity index (χ0) is 13.1. The molecular formula is C12H9ClN2O2S. The SMILES string of the molecule is NC(=S)c1ccc(NC(=O)c2ccoc2Cl)cc1. The molecule has 2 rings (SSSR count). The highest BCUT2D eigenvalue weighted by atomic mass is 35.5. The van der Waals surface area contributed by atoms with Gasteiger partial charge in [-0.2, -0.15) is 0 Å². The fourth-order valence-electron chi connectivity index (χ4n) is 1.37. The first kappa shape index (κ1) is 12.6. The van der Waals surface area contributed by atoms with Gasteiger partial charge in [0, 0.05) is 11.3 Å². The van der Waals surface area contributed by atoms with Crippen molar-refractivity contribution in [1.82, 2.24) is 0 Å². The number of furan rings is 1. The maximum absolute atomic E-state index is 11.8. The van der Waals surface area contributed by atoms with E-state index in [-0.39, 0.29) is 16.7 Å². The Kier molecular flexibility index (Phi) is 3.64. The topological polar surface area (TPSA) is 68.3 Å². The summed E-state index contributed by atoms with van der Waals surface area (Å²) in [6.07, 6.45) is 1.35. The smallest absolute Gasteiger partial charge is 0.260 e. The quantitative estimate of drug-likeness (QED) is 0.849. The molecule has 1 aromatic heterocycles. The predicted molar refractivity (Wildman–Crippen MR) is 74.0 cm³/mol. The summed E-state index contributed by atoms with van der Waals surface area (Å²) in [6.45, 7) is 0. The summed E-state index contributed by atoms with van der Waals surface area (Å²) in [5, 5.41) is 2.75. The minimum atomic E-state index is -0.336. The molecule has 0 fully saturated rings. The lowest BCUT2D eigenvalue weighted by Gasteiger charge is -2.05. The lowest BCUT2D eigenvalue weighted by atomic mass is 10.2. The molecular weight excluding hydrogens is 272 g/mol. The average Bonchev–Trinajstić information content (AvgIpc) is 2.76. The van der Waals surface area contributed by atoms with Crippen LogP contribution in [0.2, 0.25) is 5.22 Å². The molecule has 0 radical (unpaired) electrons. The van der Waals surface area contributed by atoms with Crippen molar-refractivity contribution in [2.75, 3.05) is 5.32 Å². The lowest BCUT2D eigenvalue weighted by molar-refractivity contribution is 0.102. The Bertz CT molecular complexity index is 592. The molecule has 1 aromatic carbocycles. The van der Waals surface area contributed by atoms with Gasteiger partial charge in [-0.25, -0.2) is 0 Å². The standard InChI is InChI=1S/C12H9ClN2O2S/c13-10-9(5-6-17-10)12(16)15-8-3-1-7(2-4-8)11(14)18/h1-6H,(H2,14,18)(H,15,16). The number of thiocarbonyl (C=S) groups is 1. The van der Waals surface area contributed by atoms with Crippen LogP contribution in [-0.4, -0.2) is 10.9 Å². The number of hydrogen-bond acceptors (Lipinski definition) is 3. The lowest BCUT2D eigenvalue weighted by Crippen LogP contribution is -2.12. The van der Waals surface area contributed by atoms with Crippen molar-refractivity contribution in [2.45, 2.75) is 0 Å². The van der Waals surface area contributed by atoms with Gasteiger partial charge in [0.1, 0.15) is 4.99 Å². The minimum absolute atomic E-state index is 0.0623. The molecule has 0 aliphatic rings. The van der Waals surface area contributed by atoms with E-state index in [2.05, 4.69) is 5.32 Å². The van der Waals surface area contributed by atoms with Gasteiger partial charge < -0.3 is 15.5 Å². The number of halogens is 1. The monoisotopic (exact) mass is 280 g/mol. The number of nitrogens with two attached hydrogens (primary N) is 1. The van der Waals surface area contributed by atoms with Crippen LogP contribution in [0.15, 0.2) is 41.0 Å². The van der Waals surface area contributed by atoms with Crippen LogP contribution in [0.3, 0.4) is 0 Å². The first-order chi connectivity index (χ1) is 8.58. The molecule has 0 bridgehead atoms. The number of amides is 1. The van der Waals surface area contributed by atoms with E-state index < -0.39 is 0 Å². The highest BCUT2D eigenvalue weighted by Gasteiger charge is 2.12. The highest BCUT2D eigenvalue weighted by molar-refractivity contribution is 7.80. The molecule has 18 heavy (non-hydrogen) atoms. The average molecular weight is 281 g/mol. The minimum Gasteiger partial charge on any atom is -0.452 e. The van der Waals surface area contributed by atoms with Crippen LogP contribution in [-0.2, 0) is 0 Å². The van der Waals surface area contributed by atoms with E-state index >= 15 is 0 Å². The van der Waals surface area contributed by atoms with Gasteiger partial charge >= 0.3 is 0 Å². The van der Waals surface area contributed by atoms with Crippen molar-refractivity contribution in [1.29, 1.82) is 0 Å². The summed E-state index contributed by atoms with van der Waals surface area (Å²) in [4.78, 5) is 12.1. The number of hydrogen-bond donors (Lipinski definition) is 2. The van der Waals surface area contributed by atoms with Crippen molar-refractivity contribution in [3.63, 3.8) is 0 Å². The summed E-state index contributed by atoms with van der Waals surface area (Å²) >= 11 is 10.5. The van der Waals surface area contributed by atoms with E-state index in [1.807, 2.05) is 0 Å². The molecule has 0 saturated heterocycles. The Hall–Kier alpha value is -1.85. The second kappa shape index (κ2) is 5.20. The molecule has 0 spiro atoms. The molecule has 0 saturated carbocycles. The third kappa shape index (κ3) is 2.69. The summed E-state index contributed by atoms with van der Waals surface area (Å²) in [6, 6.07) is 8.38. The van der Waals surface area contributed by atoms with Crippen LogP contribution in [0.1, 0.15) is 15.9 Å². The van der Waals surface area contributed by atoms with Gasteiger partial charge in [-0.1, -0.05) is 12.2 Å². The van der Waals surface area contributed by atoms with Crippen LogP contribution in [0.25, 0.3) is 0 Å². The Balaban J connectivity index is 2.13. The Labute approximate surface area is 114 Å². The fourth-order valence-corrected chi connectivity index (χ4v) is 1.71. The maximum atomic E-state index is 11.8. The van der Waals surface area contributed by atoms with E-state index in [0.29, 0.717) is 10.7 Å². The van der Waals surface area contributed by atoms with E-state index in [9.17, 15) is 4.79 Å². The van der Waals surface area contributed by atoms with E-state index in [1.165, 1.54) is 12.3 Å². The summed E-state index contributed by atoms with van der Waals surface area (Å²) in [5.41, 5.74) is 7.13. The molecule has 6 heteroatoms. The molecule has 0 aliphatic carbocycles. The Morgan fingerprint density at radius 1 is 1.28 bits per heavy atom. The number of benzene rings is 1. The highest BCUT2D eigenvalue weighted by Crippen LogP contribution is 2.18. The molecule has 1 heterocycles. The summed E-state index contributed by atoms with van der Waals surface area (Å²) < 4.78 is 4.84. The van der Waals surface area contributed by atoms with E-state index in [4.69, 9.17) is 34.0 Å². The second-order valence-corrected chi connectivity index (χ2v) is 4.29. The summed E-state index contributed by atoms with van der Waals surface area (Å²) in [5.74, 6) is -0.336. The van der Waals surface area contributed by atoms with Crippen molar-refractivity contribution < 1.29 is 9.21 Å². The van der Waals surface area contributed by atoms with Gasteiger partial charge in [0.25, 0.3) is 5.91 Å². The van der Waals surface area contributed by atoms with Crippen molar-refractivity contribution in [2.24, 2.45) is 5.73 Å². The van der Waals surface area contributed by atoms with Gasteiger partial charge in [0.2, 0.25) is 5.22 Å². The molecule has 0 aliphatic heterocycles. The van der Waals surface area contributed by atoms with Crippen molar-refractivity contribution in [3.8, 4) is 0 Å². The molecule has 0 unspecified atom stereocenters. The fraction of sp³-hybridized carbons (Fsp3) is 0. The van der Waals surface area contributed by atoms with Crippen LogP contribution < -0.4 is 11.1 Å². The van der Waals surface area contributed by atoms with Gasteiger partial charge in [0.05, 0.1) is 11.8 Å². The number of rotatable bonds is 3. The molecule has 1 amide bonds. The molecule has 92 valence electrons. The molecule has 4 nitrogen and oxygen atoms in total. The van der Waals surface area contributed by atoms with Crippen molar-refractivity contribution >= 4 is 40.4 Å². The van der Waals surface area contributed by atoms with Crippen LogP contribution >= 0.6 is 23.8 Å². The third-order valence-electron chi connectivity index (χ3n) is 2.29. The van der Waals surface area contributed by atoms with Crippen LogP contribution in [0, 0.1) is 0 Å². The number of nitrogens with one attached hydrogen (secondary N) is 1. The maximum Gasteiger partial charge on any atom is 0.260 e. The van der Waals surface area contributed by atoms with Crippen molar-refractivity contribution in [3.05, 3.63) is 52.9 Å². The molecule has 0 atom stereocenters. The first-order valence-electron chi connectivity index (χ1n) is 5.02.